The molecule has 0 unspecified atom stereocenters. The molecular formula is C21H14Na2O8. The van der Waals surface area contributed by atoms with Crippen LogP contribution in [0.2, 0.25) is 0 Å². The molecule has 0 aliphatic carbocycles. The van der Waals surface area contributed by atoms with E-state index in [1.54, 1.807) is 0 Å². The van der Waals surface area contributed by atoms with E-state index in [0.717, 1.165) is 36.4 Å². The number of carbonyl (C=O) groups excluding carboxylic acids is 2. The fourth-order valence-corrected chi connectivity index (χ4v) is 2.30. The maximum atomic E-state index is 11.9. The van der Waals surface area contributed by atoms with E-state index in [-0.39, 0.29) is 59.1 Å². The smallest absolute Gasteiger partial charge is 0.872 e. The molecule has 8 nitrogen and oxygen atoms in total. The van der Waals surface area contributed by atoms with Gasteiger partial charge in [-0.2, -0.15) is 0 Å². The normalized spacial score (nSPS) is 10.3. The second-order valence-electron chi connectivity index (χ2n) is 5.90. The van der Waals surface area contributed by atoms with Crippen LogP contribution in [0.15, 0.2) is 48.6 Å². The zero-order valence-corrected chi connectivity index (χ0v) is 20.8. The Labute approximate surface area is 221 Å². The van der Waals surface area contributed by atoms with Crippen LogP contribution in [0.25, 0.3) is 12.2 Å². The van der Waals surface area contributed by atoms with E-state index in [4.69, 9.17) is 10.2 Å². The quantitative estimate of drug-likeness (QED) is 0.236. The second kappa shape index (κ2) is 13.3. The van der Waals surface area contributed by atoms with Crippen LogP contribution in [0.5, 0.6) is 11.5 Å². The number of allylic oxidation sites excluding steroid dienone is 2. The molecule has 0 amide bonds. The maximum absolute atomic E-state index is 11.9. The van der Waals surface area contributed by atoms with Gasteiger partial charge in [-0.3, -0.25) is 9.59 Å². The largest absolute Gasteiger partial charge is 1.00 e. The molecule has 148 valence electrons. The van der Waals surface area contributed by atoms with Crippen LogP contribution < -0.4 is 69.3 Å². The standard InChI is InChI=1S/C21H16O8.2Na/c22-14(5-1-12-3-7-18(24)16(9-12)20(26)27)11-15(23)6-2-13-4-8-19(25)17(10-13)21(28)29;;/h1-10,24-25H,11H2,(H,26,27)(H,28,29);;/q;2*+1/p-2. The molecule has 31 heavy (non-hydrogen) atoms. The number of carboxylic acid groups (broad SMARTS) is 2. The van der Waals surface area contributed by atoms with Gasteiger partial charge in [0.25, 0.3) is 0 Å². The van der Waals surface area contributed by atoms with Crippen LogP contribution in [-0.2, 0) is 9.59 Å². The van der Waals surface area contributed by atoms with Crippen LogP contribution in [0.4, 0.5) is 0 Å². The molecule has 0 heterocycles. The van der Waals surface area contributed by atoms with Crippen molar-refractivity contribution >= 4 is 35.7 Å². The van der Waals surface area contributed by atoms with Gasteiger partial charge < -0.3 is 20.4 Å². The molecule has 0 saturated heterocycles. The fraction of sp³-hybridized carbons (Fsp3) is 0.0476. The molecule has 2 N–H and O–H groups in total. The van der Waals surface area contributed by atoms with Gasteiger partial charge >= 0.3 is 71.1 Å². The number of hydrogen-bond acceptors (Lipinski definition) is 6. The average Bonchev–Trinajstić information content (AvgIpc) is 2.66. The Kier molecular flexibility index (Phi) is 12.3. The summed E-state index contributed by atoms with van der Waals surface area (Å²) < 4.78 is 0. The monoisotopic (exact) mass is 440 g/mol. The summed E-state index contributed by atoms with van der Waals surface area (Å²) in [6.07, 6.45) is 4.29. The van der Waals surface area contributed by atoms with Crippen LogP contribution in [-0.4, -0.2) is 33.7 Å². The summed E-state index contributed by atoms with van der Waals surface area (Å²) in [5.41, 5.74) is -0.221. The molecular weight excluding hydrogens is 426 g/mol. The Balaban J connectivity index is 0.00000450. The second-order valence-corrected chi connectivity index (χ2v) is 5.90. The van der Waals surface area contributed by atoms with E-state index in [2.05, 4.69) is 0 Å². The Bertz CT molecular complexity index is 974. The number of ketones is 2. The maximum Gasteiger partial charge on any atom is 1.00 e. The molecule has 0 radical (unpaired) electrons. The van der Waals surface area contributed by atoms with Crippen molar-refractivity contribution in [2.45, 2.75) is 6.42 Å². The molecule has 2 aromatic rings. The minimum absolute atomic E-state index is 0. The van der Waals surface area contributed by atoms with Gasteiger partial charge in [0.1, 0.15) is 0 Å². The van der Waals surface area contributed by atoms with E-state index in [1.807, 2.05) is 0 Å². The van der Waals surface area contributed by atoms with Gasteiger partial charge in [-0.25, -0.2) is 9.59 Å². The van der Waals surface area contributed by atoms with Crippen molar-refractivity contribution in [3.63, 3.8) is 0 Å². The number of benzene rings is 2. The number of hydrogen-bond donors (Lipinski definition) is 2. The minimum atomic E-state index is -1.38. The molecule has 0 aliphatic rings. The first-order chi connectivity index (χ1) is 13.7. The van der Waals surface area contributed by atoms with E-state index in [1.165, 1.54) is 24.3 Å². The van der Waals surface area contributed by atoms with E-state index in [9.17, 15) is 29.4 Å². The molecule has 2 rings (SSSR count). The molecule has 0 atom stereocenters. The van der Waals surface area contributed by atoms with Crippen LogP contribution in [0.1, 0.15) is 38.3 Å². The Hall–Kier alpha value is -2.20. The summed E-state index contributed by atoms with van der Waals surface area (Å²) in [6, 6.07) is 7.08. The first-order valence-electron chi connectivity index (χ1n) is 8.18. The van der Waals surface area contributed by atoms with Gasteiger partial charge in [0.2, 0.25) is 0 Å². The zero-order chi connectivity index (χ0) is 21.6. The summed E-state index contributed by atoms with van der Waals surface area (Å²) in [6.45, 7) is 0. The Morgan fingerprint density at radius 3 is 1.39 bits per heavy atom. The first-order valence-corrected chi connectivity index (χ1v) is 8.18. The van der Waals surface area contributed by atoms with Crippen LogP contribution in [0.3, 0.4) is 0 Å². The summed E-state index contributed by atoms with van der Waals surface area (Å²) in [4.78, 5) is 45.6. The van der Waals surface area contributed by atoms with Gasteiger partial charge in [0.05, 0.1) is 17.5 Å². The number of carboxylic acids is 2. The van der Waals surface area contributed by atoms with E-state index >= 15 is 0 Å². The van der Waals surface area contributed by atoms with Crippen molar-refractivity contribution in [1.29, 1.82) is 0 Å². The third-order valence-electron chi connectivity index (χ3n) is 3.74. The van der Waals surface area contributed by atoms with Crippen molar-refractivity contribution in [1.82, 2.24) is 0 Å². The van der Waals surface area contributed by atoms with Gasteiger partial charge in [0.15, 0.2) is 11.6 Å². The summed E-state index contributed by atoms with van der Waals surface area (Å²) >= 11 is 0. The van der Waals surface area contributed by atoms with Crippen molar-refractivity contribution in [2.24, 2.45) is 0 Å². The zero-order valence-electron chi connectivity index (χ0n) is 16.8. The predicted octanol–water partition coefficient (Wildman–Crippen LogP) is -4.51. The molecule has 0 aromatic heterocycles. The van der Waals surface area contributed by atoms with Gasteiger partial charge in [-0.1, -0.05) is 47.9 Å². The van der Waals surface area contributed by atoms with Crippen molar-refractivity contribution < 1.29 is 98.7 Å². The molecule has 0 fully saturated rings. The number of rotatable bonds is 8. The van der Waals surface area contributed by atoms with Crippen LogP contribution >= 0.6 is 0 Å². The Morgan fingerprint density at radius 1 is 0.710 bits per heavy atom. The molecule has 10 heteroatoms. The Morgan fingerprint density at radius 2 is 1.06 bits per heavy atom. The van der Waals surface area contributed by atoms with Crippen molar-refractivity contribution in [3.05, 3.63) is 70.8 Å². The van der Waals surface area contributed by atoms with Crippen LogP contribution in [0, 0.1) is 0 Å². The molecule has 2 aromatic carbocycles. The molecule has 0 aliphatic heterocycles. The molecule has 0 bridgehead atoms. The SMILES string of the molecule is O=C(C=Cc1ccc([O-])c(C(=O)O)c1)CC(=O)C=Cc1ccc([O-])c(C(=O)O)c1.[Na+].[Na+]. The summed E-state index contributed by atoms with van der Waals surface area (Å²) in [5.74, 6) is -5.18. The van der Waals surface area contributed by atoms with Gasteiger partial charge in [-0.05, 0) is 35.4 Å². The predicted molar refractivity (Wildman–Crippen MR) is 98.4 cm³/mol. The van der Waals surface area contributed by atoms with Gasteiger partial charge in [0, 0.05) is 0 Å². The van der Waals surface area contributed by atoms with Crippen molar-refractivity contribution in [3.8, 4) is 11.5 Å². The molecule has 0 saturated carbocycles. The minimum Gasteiger partial charge on any atom is -0.872 e. The summed E-state index contributed by atoms with van der Waals surface area (Å²) in [7, 11) is 0. The van der Waals surface area contributed by atoms with Crippen molar-refractivity contribution in [2.75, 3.05) is 0 Å². The third-order valence-corrected chi connectivity index (χ3v) is 3.74. The molecule has 0 spiro atoms. The third kappa shape index (κ3) is 8.82. The average molecular weight is 440 g/mol. The first kappa shape index (κ1) is 28.8. The van der Waals surface area contributed by atoms with E-state index < -0.39 is 52.6 Å². The number of carbonyl (C=O) groups is 4. The fourth-order valence-electron chi connectivity index (χ4n) is 2.30. The number of aromatic carboxylic acids is 2. The summed E-state index contributed by atoms with van der Waals surface area (Å²) in [5, 5.41) is 40.6. The topological polar surface area (TPSA) is 155 Å². The van der Waals surface area contributed by atoms with Gasteiger partial charge in [-0.15, -0.1) is 0 Å². The van der Waals surface area contributed by atoms with E-state index in [0.29, 0.717) is 11.1 Å².